The van der Waals surface area contributed by atoms with Crippen LogP contribution in [-0.2, 0) is 18.8 Å². The van der Waals surface area contributed by atoms with Crippen molar-refractivity contribution in [2.24, 2.45) is 0 Å². The number of H-pyrrole nitrogens is 1. The Hall–Kier alpha value is -2.51. The standard InChI is InChI=1S/C20H19ClN4O2S/c1-3-24-16-9-14-15(10-17(16)25(4-2)19(27)18(24)26)23-20(22-14)28-11-12-7-5-6-8-13(12)21/h5-10H,3-4,11H2,1-2H3,(H,22,23). The molecule has 0 aliphatic carbocycles. The third kappa shape index (κ3) is 3.14. The summed E-state index contributed by atoms with van der Waals surface area (Å²) in [5.41, 5.74) is 3.08. The molecule has 2 heterocycles. The average Bonchev–Trinajstić information content (AvgIpc) is 3.09. The summed E-state index contributed by atoms with van der Waals surface area (Å²) in [5, 5.41) is 1.50. The van der Waals surface area contributed by atoms with Crippen molar-refractivity contribution in [3.8, 4) is 0 Å². The van der Waals surface area contributed by atoms with Crippen molar-refractivity contribution in [3.63, 3.8) is 0 Å². The van der Waals surface area contributed by atoms with Gasteiger partial charge in [0.1, 0.15) is 0 Å². The number of rotatable bonds is 5. The van der Waals surface area contributed by atoms with E-state index in [0.717, 1.165) is 37.8 Å². The van der Waals surface area contributed by atoms with Gasteiger partial charge in [-0.25, -0.2) is 4.98 Å². The van der Waals surface area contributed by atoms with Crippen LogP contribution in [0.25, 0.3) is 22.1 Å². The summed E-state index contributed by atoms with van der Waals surface area (Å²) < 4.78 is 3.02. The third-order valence-corrected chi connectivity index (χ3v) is 6.06. The highest BCUT2D eigenvalue weighted by Gasteiger charge is 2.14. The topological polar surface area (TPSA) is 72.7 Å². The molecule has 8 heteroatoms. The third-order valence-electron chi connectivity index (χ3n) is 4.77. The van der Waals surface area contributed by atoms with Gasteiger partial charge in [-0.15, -0.1) is 0 Å². The van der Waals surface area contributed by atoms with Crippen LogP contribution in [0, 0.1) is 0 Å². The predicted octanol–water partition coefficient (Wildman–Crippen LogP) is 4.03. The summed E-state index contributed by atoms with van der Waals surface area (Å²) in [6.07, 6.45) is 0. The lowest BCUT2D eigenvalue weighted by atomic mass is 10.2. The lowest BCUT2D eigenvalue weighted by Gasteiger charge is -2.12. The lowest BCUT2D eigenvalue weighted by Crippen LogP contribution is -2.41. The quantitative estimate of drug-likeness (QED) is 0.395. The molecule has 0 atom stereocenters. The van der Waals surface area contributed by atoms with Crippen molar-refractivity contribution in [1.82, 2.24) is 19.1 Å². The second kappa shape index (κ2) is 7.48. The molecule has 2 aromatic carbocycles. The monoisotopic (exact) mass is 414 g/mol. The van der Waals surface area contributed by atoms with Crippen LogP contribution in [0.15, 0.2) is 51.1 Å². The Labute approximate surface area is 170 Å². The lowest BCUT2D eigenvalue weighted by molar-refractivity contribution is 0.683. The molecule has 0 bridgehead atoms. The molecule has 6 nitrogen and oxygen atoms in total. The molecule has 0 spiro atoms. The van der Waals surface area contributed by atoms with Gasteiger partial charge in [-0.3, -0.25) is 9.59 Å². The van der Waals surface area contributed by atoms with Crippen LogP contribution in [0.2, 0.25) is 5.02 Å². The van der Waals surface area contributed by atoms with E-state index in [0.29, 0.717) is 18.8 Å². The van der Waals surface area contributed by atoms with E-state index >= 15 is 0 Å². The minimum atomic E-state index is -0.500. The first-order valence-electron chi connectivity index (χ1n) is 9.06. The van der Waals surface area contributed by atoms with Crippen molar-refractivity contribution >= 4 is 45.4 Å². The summed E-state index contributed by atoms with van der Waals surface area (Å²) in [7, 11) is 0. The molecule has 28 heavy (non-hydrogen) atoms. The Bertz CT molecular complexity index is 1230. The number of benzene rings is 2. The molecule has 0 unspecified atom stereocenters. The number of nitrogens with one attached hydrogen (secondary N) is 1. The van der Waals surface area contributed by atoms with Crippen molar-refractivity contribution in [2.45, 2.75) is 37.8 Å². The first-order valence-corrected chi connectivity index (χ1v) is 10.4. The molecule has 0 amide bonds. The fourth-order valence-corrected chi connectivity index (χ4v) is 4.52. The van der Waals surface area contributed by atoms with Crippen LogP contribution in [-0.4, -0.2) is 19.1 Å². The molecule has 0 fully saturated rings. The smallest absolute Gasteiger partial charge is 0.316 e. The maximum absolute atomic E-state index is 12.4. The van der Waals surface area contributed by atoms with Gasteiger partial charge >= 0.3 is 11.1 Å². The summed E-state index contributed by atoms with van der Waals surface area (Å²) in [4.78, 5) is 32.8. The Balaban J connectivity index is 1.81. The van der Waals surface area contributed by atoms with Gasteiger partial charge in [0.05, 0.1) is 22.1 Å². The zero-order chi connectivity index (χ0) is 19.8. The Morgan fingerprint density at radius 3 is 2.32 bits per heavy atom. The molecule has 144 valence electrons. The molecule has 4 aromatic rings. The molecule has 0 saturated heterocycles. The van der Waals surface area contributed by atoms with E-state index in [2.05, 4.69) is 9.97 Å². The minimum absolute atomic E-state index is 0.430. The van der Waals surface area contributed by atoms with Crippen LogP contribution in [0.1, 0.15) is 19.4 Å². The van der Waals surface area contributed by atoms with Gasteiger partial charge in [0.15, 0.2) is 5.16 Å². The summed E-state index contributed by atoms with van der Waals surface area (Å²) in [6, 6.07) is 11.5. The summed E-state index contributed by atoms with van der Waals surface area (Å²) in [6.45, 7) is 4.58. The molecule has 4 rings (SSSR count). The van der Waals surface area contributed by atoms with Crippen molar-refractivity contribution in [2.75, 3.05) is 0 Å². The number of hydrogen-bond donors (Lipinski definition) is 1. The number of aromatic amines is 1. The molecular weight excluding hydrogens is 396 g/mol. The maximum atomic E-state index is 12.4. The minimum Gasteiger partial charge on any atom is -0.333 e. The molecule has 0 saturated carbocycles. The van der Waals surface area contributed by atoms with Gasteiger partial charge in [0.2, 0.25) is 0 Å². The van der Waals surface area contributed by atoms with Crippen LogP contribution in [0.3, 0.4) is 0 Å². The van der Waals surface area contributed by atoms with E-state index in [1.165, 1.54) is 9.13 Å². The maximum Gasteiger partial charge on any atom is 0.316 e. The van der Waals surface area contributed by atoms with Crippen molar-refractivity contribution < 1.29 is 0 Å². The largest absolute Gasteiger partial charge is 0.333 e. The molecule has 0 aliphatic heterocycles. The Morgan fingerprint density at radius 2 is 1.68 bits per heavy atom. The van der Waals surface area contributed by atoms with E-state index in [1.807, 2.05) is 50.2 Å². The average molecular weight is 415 g/mol. The van der Waals surface area contributed by atoms with Gasteiger partial charge in [0.25, 0.3) is 0 Å². The van der Waals surface area contributed by atoms with Crippen LogP contribution in [0.5, 0.6) is 0 Å². The first kappa shape index (κ1) is 18.8. The van der Waals surface area contributed by atoms with E-state index in [4.69, 9.17) is 11.6 Å². The normalized spacial score (nSPS) is 11.5. The molecule has 0 aliphatic rings. The summed E-state index contributed by atoms with van der Waals surface area (Å²) >= 11 is 7.79. The number of aryl methyl sites for hydroxylation is 2. The van der Waals surface area contributed by atoms with Gasteiger partial charge in [-0.2, -0.15) is 0 Å². The van der Waals surface area contributed by atoms with E-state index in [-0.39, 0.29) is 0 Å². The Morgan fingerprint density at radius 1 is 1.04 bits per heavy atom. The molecule has 0 radical (unpaired) electrons. The number of thioether (sulfide) groups is 1. The number of nitrogens with zero attached hydrogens (tertiary/aromatic N) is 3. The van der Waals surface area contributed by atoms with Crippen LogP contribution in [0.4, 0.5) is 0 Å². The van der Waals surface area contributed by atoms with Gasteiger partial charge in [0, 0.05) is 23.9 Å². The predicted molar refractivity (Wildman–Crippen MR) is 114 cm³/mol. The second-order valence-electron chi connectivity index (χ2n) is 6.38. The second-order valence-corrected chi connectivity index (χ2v) is 7.75. The Kier molecular flexibility index (Phi) is 5.03. The van der Waals surface area contributed by atoms with Gasteiger partial charge < -0.3 is 14.1 Å². The fraction of sp³-hybridized carbons (Fsp3) is 0.250. The highest BCUT2D eigenvalue weighted by atomic mass is 35.5. The first-order chi connectivity index (χ1) is 13.5. The van der Waals surface area contributed by atoms with Crippen molar-refractivity contribution in [1.29, 1.82) is 0 Å². The molecule has 2 aromatic heterocycles. The highest BCUT2D eigenvalue weighted by molar-refractivity contribution is 7.98. The molecular formula is C20H19ClN4O2S. The van der Waals surface area contributed by atoms with Crippen LogP contribution < -0.4 is 11.1 Å². The van der Waals surface area contributed by atoms with E-state index in [9.17, 15) is 9.59 Å². The zero-order valence-electron chi connectivity index (χ0n) is 15.5. The SMILES string of the molecule is CCn1c(=O)c(=O)n(CC)c2cc3[nH]c(SCc4ccccc4Cl)nc3cc21. The zero-order valence-corrected chi connectivity index (χ0v) is 17.1. The summed E-state index contributed by atoms with van der Waals surface area (Å²) in [5.74, 6) is 0.693. The van der Waals surface area contributed by atoms with Gasteiger partial charge in [-0.05, 0) is 37.6 Å². The number of aromatic nitrogens is 4. The van der Waals surface area contributed by atoms with Crippen molar-refractivity contribution in [3.05, 3.63) is 67.7 Å². The number of imidazole rings is 1. The molecule has 1 N–H and O–H groups in total. The number of fused-ring (bicyclic) bond motifs is 2. The van der Waals surface area contributed by atoms with Crippen LogP contribution >= 0.6 is 23.4 Å². The van der Waals surface area contributed by atoms with E-state index in [1.54, 1.807) is 11.8 Å². The van der Waals surface area contributed by atoms with E-state index < -0.39 is 11.1 Å². The number of halogens is 1. The highest BCUT2D eigenvalue weighted by Crippen LogP contribution is 2.28. The fourth-order valence-electron chi connectivity index (χ4n) is 3.35. The van der Waals surface area contributed by atoms with Gasteiger partial charge in [-0.1, -0.05) is 41.6 Å². The number of hydrogen-bond acceptors (Lipinski definition) is 4.